The predicted octanol–water partition coefficient (Wildman–Crippen LogP) is 1.28. The maximum Gasteiger partial charge on any atom is 0.311 e. The van der Waals surface area contributed by atoms with Crippen LogP contribution in [0.1, 0.15) is 16.8 Å². The van der Waals surface area contributed by atoms with Crippen LogP contribution in [0.5, 0.6) is 5.75 Å². The smallest absolute Gasteiger partial charge is 0.311 e. The van der Waals surface area contributed by atoms with Crippen LogP contribution in [0.15, 0.2) is 48.5 Å². The van der Waals surface area contributed by atoms with Crippen molar-refractivity contribution < 1.29 is 33.6 Å². The van der Waals surface area contributed by atoms with E-state index in [0.29, 0.717) is 11.4 Å². The fourth-order valence-electron chi connectivity index (χ4n) is 3.05. The van der Waals surface area contributed by atoms with Crippen LogP contribution < -0.4 is 15.5 Å². The number of amides is 3. The largest absolute Gasteiger partial charge is 0.497 e. The van der Waals surface area contributed by atoms with Crippen molar-refractivity contribution in [3.63, 3.8) is 0 Å². The van der Waals surface area contributed by atoms with Crippen molar-refractivity contribution in [2.45, 2.75) is 6.42 Å². The maximum absolute atomic E-state index is 12.3. The molecule has 172 valence electrons. The third kappa shape index (κ3) is 6.03. The SMILES string of the molecule is COc1cccc(NC(=O)COC(=O)[C@H]2CC(=O)N(NC(=O)c3ccc([N+](=O)[O-])cc3)C2)c1. The molecule has 3 rings (SSSR count). The summed E-state index contributed by atoms with van der Waals surface area (Å²) in [5.74, 6) is -2.80. The van der Waals surface area contributed by atoms with Gasteiger partial charge in [0.25, 0.3) is 17.5 Å². The zero-order valence-electron chi connectivity index (χ0n) is 17.5. The normalized spacial score (nSPS) is 15.0. The minimum atomic E-state index is -0.862. The van der Waals surface area contributed by atoms with Crippen LogP contribution in [0.2, 0.25) is 0 Å². The molecule has 33 heavy (non-hydrogen) atoms. The molecular weight excluding hydrogens is 436 g/mol. The first-order valence-corrected chi connectivity index (χ1v) is 9.73. The summed E-state index contributed by atoms with van der Waals surface area (Å²) in [4.78, 5) is 58.8. The number of hydrogen-bond acceptors (Lipinski definition) is 8. The number of carbonyl (C=O) groups is 4. The first-order chi connectivity index (χ1) is 15.8. The zero-order valence-corrected chi connectivity index (χ0v) is 17.5. The van der Waals surface area contributed by atoms with E-state index in [4.69, 9.17) is 9.47 Å². The number of nitro groups is 1. The van der Waals surface area contributed by atoms with Gasteiger partial charge in [-0.1, -0.05) is 6.07 Å². The fourth-order valence-corrected chi connectivity index (χ4v) is 3.05. The molecule has 1 heterocycles. The van der Waals surface area contributed by atoms with Gasteiger partial charge in [-0.2, -0.15) is 0 Å². The number of nitro benzene ring substituents is 1. The van der Waals surface area contributed by atoms with Crippen molar-refractivity contribution in [3.05, 3.63) is 64.2 Å². The number of ether oxygens (including phenoxy) is 2. The van der Waals surface area contributed by atoms with E-state index in [2.05, 4.69) is 10.7 Å². The van der Waals surface area contributed by atoms with Crippen molar-refractivity contribution in [2.75, 3.05) is 25.6 Å². The summed E-state index contributed by atoms with van der Waals surface area (Å²) in [7, 11) is 1.49. The second kappa shape index (κ2) is 10.2. The van der Waals surface area contributed by atoms with Crippen LogP contribution in [0.25, 0.3) is 0 Å². The Bertz CT molecular complexity index is 1090. The van der Waals surface area contributed by atoms with Crippen molar-refractivity contribution in [3.8, 4) is 5.75 Å². The molecule has 1 fully saturated rings. The summed E-state index contributed by atoms with van der Waals surface area (Å²) < 4.78 is 10.1. The van der Waals surface area contributed by atoms with Crippen molar-refractivity contribution in [1.82, 2.24) is 10.4 Å². The summed E-state index contributed by atoms with van der Waals surface area (Å²) >= 11 is 0. The maximum atomic E-state index is 12.3. The molecule has 0 saturated carbocycles. The standard InChI is InChI=1S/C21H20N4O8/c1-32-17-4-2-3-15(10-17)22-18(26)12-33-21(29)14-9-19(27)24(11-14)23-20(28)13-5-7-16(8-6-13)25(30)31/h2-8,10,14H,9,11-12H2,1H3,(H,22,26)(H,23,28)/t14-/m0/s1. The Morgan fingerprint density at radius 1 is 1.18 bits per heavy atom. The highest BCUT2D eigenvalue weighted by molar-refractivity contribution is 5.97. The van der Waals surface area contributed by atoms with Crippen molar-refractivity contribution in [2.24, 2.45) is 5.92 Å². The third-order valence-electron chi connectivity index (χ3n) is 4.73. The molecular formula is C21H20N4O8. The quantitative estimate of drug-likeness (QED) is 0.342. The Kier molecular flexibility index (Phi) is 7.18. The van der Waals surface area contributed by atoms with Gasteiger partial charge in [-0.3, -0.25) is 39.7 Å². The van der Waals surface area contributed by atoms with Crippen LogP contribution in [-0.2, 0) is 19.1 Å². The number of nitrogens with zero attached hydrogens (tertiary/aromatic N) is 2. The number of benzene rings is 2. The number of rotatable bonds is 8. The summed E-state index contributed by atoms with van der Waals surface area (Å²) in [5.41, 5.74) is 2.75. The number of nitrogens with one attached hydrogen (secondary N) is 2. The first kappa shape index (κ1) is 23.2. The second-order valence-corrected chi connectivity index (χ2v) is 7.04. The van der Waals surface area contributed by atoms with Gasteiger partial charge < -0.3 is 14.8 Å². The van der Waals surface area contributed by atoms with E-state index in [1.165, 1.54) is 19.2 Å². The molecule has 0 unspecified atom stereocenters. The molecule has 2 aromatic rings. The van der Waals surface area contributed by atoms with E-state index in [0.717, 1.165) is 17.1 Å². The van der Waals surface area contributed by atoms with E-state index in [1.807, 2.05) is 0 Å². The second-order valence-electron chi connectivity index (χ2n) is 7.04. The molecule has 2 N–H and O–H groups in total. The number of methoxy groups -OCH3 is 1. The van der Waals surface area contributed by atoms with E-state index < -0.39 is 41.1 Å². The highest BCUT2D eigenvalue weighted by Crippen LogP contribution is 2.19. The molecule has 0 spiro atoms. The lowest BCUT2D eigenvalue weighted by atomic mass is 10.1. The molecule has 0 radical (unpaired) electrons. The Morgan fingerprint density at radius 2 is 1.91 bits per heavy atom. The molecule has 3 amide bonds. The first-order valence-electron chi connectivity index (χ1n) is 9.73. The van der Waals surface area contributed by atoms with E-state index >= 15 is 0 Å². The highest BCUT2D eigenvalue weighted by Gasteiger charge is 2.36. The van der Waals surface area contributed by atoms with Crippen LogP contribution in [0, 0.1) is 16.0 Å². The lowest BCUT2D eigenvalue weighted by molar-refractivity contribution is -0.384. The topological polar surface area (TPSA) is 157 Å². The molecule has 12 nitrogen and oxygen atoms in total. The van der Waals surface area contributed by atoms with Gasteiger partial charge in [0.15, 0.2) is 6.61 Å². The number of esters is 1. The minimum absolute atomic E-state index is 0.105. The van der Waals surface area contributed by atoms with Gasteiger partial charge in [-0.05, 0) is 24.3 Å². The van der Waals surface area contributed by atoms with Crippen molar-refractivity contribution in [1.29, 1.82) is 0 Å². The van der Waals surface area contributed by atoms with Gasteiger partial charge in [0.1, 0.15) is 5.75 Å². The molecule has 0 aromatic heterocycles. The predicted molar refractivity (Wildman–Crippen MR) is 113 cm³/mol. The third-order valence-corrected chi connectivity index (χ3v) is 4.73. The average molecular weight is 456 g/mol. The van der Waals surface area contributed by atoms with Gasteiger partial charge >= 0.3 is 5.97 Å². The fraction of sp³-hybridized carbons (Fsp3) is 0.238. The Hall–Kier alpha value is -4.48. The molecule has 1 aliphatic heterocycles. The molecule has 12 heteroatoms. The molecule has 1 atom stereocenters. The molecule has 0 aliphatic carbocycles. The lowest BCUT2D eigenvalue weighted by Crippen LogP contribution is -2.43. The minimum Gasteiger partial charge on any atom is -0.497 e. The summed E-state index contributed by atoms with van der Waals surface area (Å²) in [6, 6.07) is 11.5. The van der Waals surface area contributed by atoms with Gasteiger partial charge in [0, 0.05) is 35.9 Å². The Balaban J connectivity index is 1.48. The van der Waals surface area contributed by atoms with Crippen LogP contribution in [-0.4, -0.2) is 53.9 Å². The summed E-state index contributed by atoms with van der Waals surface area (Å²) in [6.07, 6.45) is -0.198. The summed E-state index contributed by atoms with van der Waals surface area (Å²) in [5, 5.41) is 14.2. The average Bonchev–Trinajstić information content (AvgIpc) is 3.17. The van der Waals surface area contributed by atoms with Gasteiger partial charge in [0.2, 0.25) is 5.91 Å². The van der Waals surface area contributed by atoms with Crippen LogP contribution in [0.4, 0.5) is 11.4 Å². The Morgan fingerprint density at radius 3 is 2.58 bits per heavy atom. The number of anilines is 1. The van der Waals surface area contributed by atoms with E-state index in [1.54, 1.807) is 24.3 Å². The van der Waals surface area contributed by atoms with Crippen LogP contribution in [0.3, 0.4) is 0 Å². The number of hydrazine groups is 1. The van der Waals surface area contributed by atoms with Crippen LogP contribution >= 0.6 is 0 Å². The Labute approximate surface area is 187 Å². The van der Waals surface area contributed by atoms with E-state index in [-0.39, 0.29) is 24.2 Å². The number of hydrogen-bond donors (Lipinski definition) is 2. The molecule has 2 aromatic carbocycles. The van der Waals surface area contributed by atoms with Gasteiger partial charge in [-0.15, -0.1) is 0 Å². The van der Waals surface area contributed by atoms with E-state index in [9.17, 15) is 29.3 Å². The lowest BCUT2D eigenvalue weighted by Gasteiger charge is -2.17. The number of carbonyl (C=O) groups excluding carboxylic acids is 4. The van der Waals surface area contributed by atoms with Gasteiger partial charge in [-0.25, -0.2) is 0 Å². The summed E-state index contributed by atoms with van der Waals surface area (Å²) in [6.45, 7) is -0.677. The zero-order chi connectivity index (χ0) is 24.0. The van der Waals surface area contributed by atoms with Crippen molar-refractivity contribution >= 4 is 35.1 Å². The molecule has 0 bridgehead atoms. The monoisotopic (exact) mass is 456 g/mol. The number of non-ortho nitro benzene ring substituents is 1. The molecule has 1 saturated heterocycles. The molecule has 1 aliphatic rings. The van der Waals surface area contributed by atoms with Gasteiger partial charge in [0.05, 0.1) is 24.5 Å². The highest BCUT2D eigenvalue weighted by atomic mass is 16.6.